The molecule has 0 fully saturated rings. The van der Waals surface area contributed by atoms with Gasteiger partial charge in [0.05, 0.1) is 6.54 Å². The van der Waals surface area contributed by atoms with Crippen molar-refractivity contribution in [1.82, 2.24) is 10.2 Å². The molecule has 1 N–H and O–H groups in total. The Balaban J connectivity index is 2.65. The van der Waals surface area contributed by atoms with E-state index in [-0.39, 0.29) is 24.7 Å². The number of carbonyl (C=O) groups is 1. The number of carbonyl (C=O) groups excluding carboxylic acids is 1. The van der Waals surface area contributed by atoms with Crippen molar-refractivity contribution in [2.45, 2.75) is 13.2 Å². The Hall–Kier alpha value is -1.21. The number of nitrogens with one attached hydrogen (secondary N) is 1. The topological polar surface area (TPSA) is 41.6 Å². The molecule has 0 spiro atoms. The summed E-state index contributed by atoms with van der Waals surface area (Å²) in [7, 11) is 3.29. The van der Waals surface area contributed by atoms with Gasteiger partial charge in [0.2, 0.25) is 5.91 Å². The number of ether oxygens (including phenoxy) is 1. The van der Waals surface area contributed by atoms with E-state index in [1.54, 1.807) is 26.2 Å². The van der Waals surface area contributed by atoms with Gasteiger partial charge >= 0.3 is 6.61 Å². The molecule has 1 rings (SSSR count). The second-order valence-electron chi connectivity index (χ2n) is 4.02. The van der Waals surface area contributed by atoms with E-state index in [0.717, 1.165) is 4.47 Å². The second-order valence-corrected chi connectivity index (χ2v) is 4.94. The first-order chi connectivity index (χ1) is 8.90. The summed E-state index contributed by atoms with van der Waals surface area (Å²) in [6.45, 7) is -2.47. The van der Waals surface area contributed by atoms with Gasteiger partial charge in [-0.2, -0.15) is 8.78 Å². The first-order valence-corrected chi connectivity index (χ1v) is 6.33. The van der Waals surface area contributed by atoms with Crippen molar-refractivity contribution < 1.29 is 18.3 Å². The zero-order valence-electron chi connectivity index (χ0n) is 10.6. The summed E-state index contributed by atoms with van der Waals surface area (Å²) in [6, 6.07) is 4.75. The molecule has 0 bridgehead atoms. The molecule has 0 saturated carbocycles. The minimum Gasteiger partial charge on any atom is -0.434 e. The number of benzene rings is 1. The van der Waals surface area contributed by atoms with Crippen molar-refractivity contribution in [3.8, 4) is 5.75 Å². The van der Waals surface area contributed by atoms with Gasteiger partial charge in [0, 0.05) is 30.7 Å². The standard InChI is InChI=1S/C12H15BrF2N2O2/c1-17(2)11(18)7-16-6-8-5-9(13)3-4-10(8)19-12(14)15/h3-5,12,16H,6-7H2,1-2H3. The van der Waals surface area contributed by atoms with Gasteiger partial charge in [-0.1, -0.05) is 15.9 Å². The monoisotopic (exact) mass is 336 g/mol. The third-order valence-electron chi connectivity index (χ3n) is 2.33. The first kappa shape index (κ1) is 15.8. The van der Waals surface area contributed by atoms with E-state index in [1.807, 2.05) is 0 Å². The normalized spacial score (nSPS) is 10.6. The highest BCUT2D eigenvalue weighted by Crippen LogP contribution is 2.24. The molecule has 0 heterocycles. The molecule has 0 atom stereocenters. The fourth-order valence-corrected chi connectivity index (χ4v) is 1.77. The minimum atomic E-state index is -2.87. The molecule has 0 aromatic heterocycles. The summed E-state index contributed by atoms with van der Waals surface area (Å²) in [5.41, 5.74) is 0.557. The SMILES string of the molecule is CN(C)C(=O)CNCc1cc(Br)ccc1OC(F)F. The van der Waals surface area contributed by atoms with Crippen LogP contribution in [0.3, 0.4) is 0 Å². The number of hydrogen-bond donors (Lipinski definition) is 1. The van der Waals surface area contributed by atoms with Gasteiger partial charge in [-0.3, -0.25) is 4.79 Å². The van der Waals surface area contributed by atoms with Crippen LogP contribution in [0.1, 0.15) is 5.56 Å². The average Bonchev–Trinajstić information content (AvgIpc) is 2.31. The number of likely N-dealkylation sites (N-methyl/N-ethyl adjacent to an activating group) is 1. The van der Waals surface area contributed by atoms with Crippen LogP contribution in [-0.2, 0) is 11.3 Å². The van der Waals surface area contributed by atoms with Crippen molar-refractivity contribution in [3.63, 3.8) is 0 Å². The third-order valence-corrected chi connectivity index (χ3v) is 2.82. The second kappa shape index (κ2) is 7.40. The Morgan fingerprint density at radius 3 is 2.74 bits per heavy atom. The Morgan fingerprint density at radius 1 is 1.47 bits per heavy atom. The highest BCUT2D eigenvalue weighted by molar-refractivity contribution is 9.10. The van der Waals surface area contributed by atoms with Crippen LogP contribution in [0, 0.1) is 0 Å². The van der Waals surface area contributed by atoms with Crippen LogP contribution >= 0.6 is 15.9 Å². The molecular formula is C12H15BrF2N2O2. The van der Waals surface area contributed by atoms with Crippen molar-refractivity contribution >= 4 is 21.8 Å². The van der Waals surface area contributed by atoms with Crippen molar-refractivity contribution in [3.05, 3.63) is 28.2 Å². The largest absolute Gasteiger partial charge is 0.434 e. The van der Waals surface area contributed by atoms with Crippen LogP contribution in [0.5, 0.6) is 5.75 Å². The van der Waals surface area contributed by atoms with E-state index in [9.17, 15) is 13.6 Å². The van der Waals surface area contributed by atoms with Gasteiger partial charge in [0.15, 0.2) is 0 Å². The summed E-state index contributed by atoms with van der Waals surface area (Å²) in [6.07, 6.45) is 0. The molecular weight excluding hydrogens is 322 g/mol. The van der Waals surface area contributed by atoms with Gasteiger partial charge in [-0.25, -0.2) is 0 Å². The summed E-state index contributed by atoms with van der Waals surface area (Å²) in [5, 5.41) is 2.89. The fourth-order valence-electron chi connectivity index (χ4n) is 1.36. The molecule has 0 unspecified atom stereocenters. The molecule has 4 nitrogen and oxygen atoms in total. The zero-order valence-corrected chi connectivity index (χ0v) is 12.2. The lowest BCUT2D eigenvalue weighted by molar-refractivity contribution is -0.127. The Morgan fingerprint density at radius 2 is 2.16 bits per heavy atom. The van der Waals surface area contributed by atoms with Crippen molar-refractivity contribution in [2.75, 3.05) is 20.6 Å². The molecule has 1 aromatic rings. The lowest BCUT2D eigenvalue weighted by Crippen LogP contribution is -2.32. The lowest BCUT2D eigenvalue weighted by atomic mass is 10.2. The molecule has 0 aliphatic rings. The Labute approximate surface area is 118 Å². The molecule has 1 amide bonds. The molecule has 0 aliphatic heterocycles. The molecule has 0 saturated heterocycles. The first-order valence-electron chi connectivity index (χ1n) is 5.54. The van der Waals surface area contributed by atoms with Gasteiger partial charge in [0.1, 0.15) is 5.75 Å². The van der Waals surface area contributed by atoms with E-state index in [2.05, 4.69) is 26.0 Å². The van der Waals surface area contributed by atoms with Crippen LogP contribution in [0.2, 0.25) is 0 Å². The number of amides is 1. The van der Waals surface area contributed by atoms with E-state index in [4.69, 9.17) is 0 Å². The number of rotatable bonds is 6. The molecule has 7 heteroatoms. The maximum atomic E-state index is 12.2. The van der Waals surface area contributed by atoms with E-state index in [1.165, 1.54) is 11.0 Å². The number of halogens is 3. The van der Waals surface area contributed by atoms with Crippen molar-refractivity contribution in [1.29, 1.82) is 0 Å². The highest BCUT2D eigenvalue weighted by atomic mass is 79.9. The third kappa shape index (κ3) is 5.52. The fraction of sp³-hybridized carbons (Fsp3) is 0.417. The van der Waals surface area contributed by atoms with E-state index < -0.39 is 6.61 Å². The zero-order chi connectivity index (χ0) is 14.4. The summed E-state index contributed by atoms with van der Waals surface area (Å²) in [4.78, 5) is 12.8. The van der Waals surface area contributed by atoms with E-state index >= 15 is 0 Å². The van der Waals surface area contributed by atoms with Crippen LogP contribution in [0.15, 0.2) is 22.7 Å². The Bertz CT molecular complexity index is 442. The maximum absolute atomic E-state index is 12.2. The quantitative estimate of drug-likeness (QED) is 0.866. The minimum absolute atomic E-state index is 0.0914. The predicted octanol–water partition coefficient (Wildman–Crippen LogP) is 2.23. The number of hydrogen-bond acceptors (Lipinski definition) is 3. The maximum Gasteiger partial charge on any atom is 0.387 e. The van der Waals surface area contributed by atoms with Crippen LogP contribution < -0.4 is 10.1 Å². The van der Waals surface area contributed by atoms with Crippen LogP contribution in [0.4, 0.5) is 8.78 Å². The van der Waals surface area contributed by atoms with Gasteiger partial charge < -0.3 is 15.0 Å². The molecule has 19 heavy (non-hydrogen) atoms. The number of nitrogens with zero attached hydrogens (tertiary/aromatic N) is 1. The molecule has 1 aromatic carbocycles. The summed E-state index contributed by atoms with van der Waals surface area (Å²) < 4.78 is 29.7. The number of alkyl halides is 2. The van der Waals surface area contributed by atoms with Crippen LogP contribution in [0.25, 0.3) is 0 Å². The van der Waals surface area contributed by atoms with Crippen LogP contribution in [-0.4, -0.2) is 38.1 Å². The smallest absolute Gasteiger partial charge is 0.387 e. The molecule has 0 radical (unpaired) electrons. The Kier molecular flexibility index (Phi) is 6.17. The highest BCUT2D eigenvalue weighted by Gasteiger charge is 2.11. The summed E-state index contributed by atoms with van der Waals surface area (Å²) >= 11 is 3.26. The molecule has 106 valence electrons. The van der Waals surface area contributed by atoms with Crippen molar-refractivity contribution in [2.24, 2.45) is 0 Å². The van der Waals surface area contributed by atoms with Gasteiger partial charge in [-0.05, 0) is 18.2 Å². The average molecular weight is 337 g/mol. The molecule has 0 aliphatic carbocycles. The van der Waals surface area contributed by atoms with E-state index in [0.29, 0.717) is 5.56 Å². The van der Waals surface area contributed by atoms with Gasteiger partial charge in [-0.15, -0.1) is 0 Å². The summed E-state index contributed by atoms with van der Waals surface area (Å²) in [5.74, 6) is 0.00864. The van der Waals surface area contributed by atoms with Gasteiger partial charge in [0.25, 0.3) is 0 Å². The lowest BCUT2D eigenvalue weighted by Gasteiger charge is -2.13. The predicted molar refractivity (Wildman–Crippen MR) is 71.2 cm³/mol.